The molecule has 1 N–H and O–H groups in total. The van der Waals surface area contributed by atoms with Crippen LogP contribution < -0.4 is 0 Å². The van der Waals surface area contributed by atoms with E-state index < -0.39 is 6.10 Å². The van der Waals surface area contributed by atoms with Gasteiger partial charge in [0, 0.05) is 19.7 Å². The van der Waals surface area contributed by atoms with Crippen LogP contribution in [0.5, 0.6) is 0 Å². The molecule has 3 nitrogen and oxygen atoms in total. The number of likely N-dealkylation sites (N-methyl/N-ethyl adjacent to an activating group) is 1. The Balaban J connectivity index is 1.90. The minimum atomic E-state index is -0.576. The van der Waals surface area contributed by atoms with Gasteiger partial charge in [0.1, 0.15) is 5.82 Å². The van der Waals surface area contributed by atoms with Gasteiger partial charge in [-0.1, -0.05) is 6.07 Å². The smallest absolute Gasteiger partial charge is 0.123 e. The molecule has 1 aliphatic heterocycles. The van der Waals surface area contributed by atoms with E-state index in [1.807, 2.05) is 14.0 Å². The molecule has 0 amide bonds. The molecule has 4 heteroatoms. The van der Waals surface area contributed by atoms with Crippen LogP contribution in [0.15, 0.2) is 18.2 Å². The molecule has 0 saturated carbocycles. The van der Waals surface area contributed by atoms with Gasteiger partial charge in [-0.2, -0.15) is 0 Å². The standard InChI is InChI=1S/C15H22FNO2/c1-11-7-13(16)3-4-14(11)15(18)9-17(2)8-12-5-6-19-10-12/h3-4,7,12,15,18H,5-6,8-10H2,1-2H3. The lowest BCUT2D eigenvalue weighted by Crippen LogP contribution is -2.30. The number of aliphatic hydroxyl groups is 1. The molecular formula is C15H22FNO2. The molecule has 2 atom stereocenters. The largest absolute Gasteiger partial charge is 0.387 e. The van der Waals surface area contributed by atoms with E-state index in [-0.39, 0.29) is 5.82 Å². The first-order chi connectivity index (χ1) is 9.06. The number of aliphatic hydroxyl groups excluding tert-OH is 1. The van der Waals surface area contributed by atoms with Crippen LogP contribution in [0.3, 0.4) is 0 Å². The fraction of sp³-hybridized carbons (Fsp3) is 0.600. The number of benzene rings is 1. The van der Waals surface area contributed by atoms with Crippen LogP contribution in [-0.4, -0.2) is 43.4 Å². The molecule has 0 aromatic heterocycles. The van der Waals surface area contributed by atoms with Crippen molar-refractivity contribution in [2.24, 2.45) is 5.92 Å². The van der Waals surface area contributed by atoms with Crippen molar-refractivity contribution in [3.8, 4) is 0 Å². The highest BCUT2D eigenvalue weighted by Gasteiger charge is 2.19. The van der Waals surface area contributed by atoms with Gasteiger partial charge in [0.2, 0.25) is 0 Å². The highest BCUT2D eigenvalue weighted by Crippen LogP contribution is 2.20. The summed E-state index contributed by atoms with van der Waals surface area (Å²) in [7, 11) is 2.00. The second kappa shape index (κ2) is 6.46. The number of rotatable bonds is 5. The number of hydrogen-bond acceptors (Lipinski definition) is 3. The summed E-state index contributed by atoms with van der Waals surface area (Å²) in [5.74, 6) is 0.302. The molecule has 19 heavy (non-hydrogen) atoms. The third-order valence-electron chi connectivity index (χ3n) is 3.67. The quantitative estimate of drug-likeness (QED) is 0.887. The van der Waals surface area contributed by atoms with Crippen molar-refractivity contribution in [2.45, 2.75) is 19.4 Å². The van der Waals surface area contributed by atoms with Crippen molar-refractivity contribution < 1.29 is 14.2 Å². The lowest BCUT2D eigenvalue weighted by molar-refractivity contribution is 0.113. The maximum absolute atomic E-state index is 13.0. The number of halogens is 1. The summed E-state index contributed by atoms with van der Waals surface area (Å²) in [4.78, 5) is 2.12. The molecule has 1 saturated heterocycles. The van der Waals surface area contributed by atoms with Gasteiger partial charge in [-0.05, 0) is 49.6 Å². The van der Waals surface area contributed by atoms with Crippen LogP contribution in [0.4, 0.5) is 4.39 Å². The zero-order valence-corrected chi connectivity index (χ0v) is 11.6. The topological polar surface area (TPSA) is 32.7 Å². The Morgan fingerprint density at radius 1 is 1.53 bits per heavy atom. The number of hydrogen-bond donors (Lipinski definition) is 1. The normalized spacial score (nSPS) is 21.0. The van der Waals surface area contributed by atoms with Crippen LogP contribution in [0.1, 0.15) is 23.7 Å². The third-order valence-corrected chi connectivity index (χ3v) is 3.67. The Hall–Kier alpha value is -0.970. The monoisotopic (exact) mass is 267 g/mol. The van der Waals surface area contributed by atoms with E-state index >= 15 is 0 Å². The average molecular weight is 267 g/mol. The van der Waals surface area contributed by atoms with Crippen molar-refractivity contribution >= 4 is 0 Å². The Kier molecular flexibility index (Phi) is 4.91. The lowest BCUT2D eigenvalue weighted by Gasteiger charge is -2.24. The van der Waals surface area contributed by atoms with E-state index in [1.165, 1.54) is 12.1 Å². The first-order valence-corrected chi connectivity index (χ1v) is 6.76. The highest BCUT2D eigenvalue weighted by atomic mass is 19.1. The second-order valence-electron chi connectivity index (χ2n) is 5.47. The Labute approximate surface area is 114 Å². The molecule has 1 aliphatic rings. The van der Waals surface area contributed by atoms with Crippen molar-refractivity contribution in [1.29, 1.82) is 0 Å². The van der Waals surface area contributed by atoms with Gasteiger partial charge in [0.25, 0.3) is 0 Å². The Bertz CT molecular complexity index is 419. The van der Waals surface area contributed by atoms with Gasteiger partial charge in [-0.15, -0.1) is 0 Å². The van der Waals surface area contributed by atoms with Crippen LogP contribution >= 0.6 is 0 Å². The summed E-state index contributed by atoms with van der Waals surface area (Å²) in [5.41, 5.74) is 1.60. The molecule has 0 aliphatic carbocycles. The van der Waals surface area contributed by atoms with Gasteiger partial charge in [0.15, 0.2) is 0 Å². The van der Waals surface area contributed by atoms with Gasteiger partial charge >= 0.3 is 0 Å². The van der Waals surface area contributed by atoms with Crippen molar-refractivity contribution in [3.05, 3.63) is 35.1 Å². The van der Waals surface area contributed by atoms with E-state index in [9.17, 15) is 9.50 Å². The molecule has 1 aromatic carbocycles. The molecule has 2 rings (SSSR count). The van der Waals surface area contributed by atoms with Gasteiger partial charge in [-0.25, -0.2) is 4.39 Å². The summed E-state index contributed by atoms with van der Waals surface area (Å²) in [5, 5.41) is 10.2. The molecule has 0 radical (unpaired) electrons. The SMILES string of the molecule is Cc1cc(F)ccc1C(O)CN(C)CC1CCOC1. The summed E-state index contributed by atoms with van der Waals surface area (Å²) in [6.07, 6.45) is 0.517. The predicted molar refractivity (Wildman–Crippen MR) is 72.5 cm³/mol. The van der Waals surface area contributed by atoms with Gasteiger partial charge in [0.05, 0.1) is 12.7 Å². The maximum atomic E-state index is 13.0. The summed E-state index contributed by atoms with van der Waals surface area (Å²) >= 11 is 0. The molecule has 2 unspecified atom stereocenters. The van der Waals surface area contributed by atoms with Gasteiger partial charge in [-0.3, -0.25) is 0 Å². The average Bonchev–Trinajstić information content (AvgIpc) is 2.81. The number of nitrogens with zero attached hydrogens (tertiary/aromatic N) is 1. The zero-order chi connectivity index (χ0) is 13.8. The predicted octanol–water partition coefficient (Wildman–Crippen LogP) is 2.14. The summed E-state index contributed by atoms with van der Waals surface area (Å²) < 4.78 is 18.4. The minimum absolute atomic E-state index is 0.259. The van der Waals surface area contributed by atoms with Crippen LogP contribution in [0.2, 0.25) is 0 Å². The van der Waals surface area contributed by atoms with E-state index in [0.717, 1.165) is 37.3 Å². The molecule has 0 spiro atoms. The van der Waals surface area contributed by atoms with E-state index in [4.69, 9.17) is 4.74 Å². The molecular weight excluding hydrogens is 245 g/mol. The Morgan fingerprint density at radius 2 is 2.32 bits per heavy atom. The zero-order valence-electron chi connectivity index (χ0n) is 11.6. The van der Waals surface area contributed by atoms with Crippen molar-refractivity contribution in [3.63, 3.8) is 0 Å². The molecule has 1 heterocycles. The number of aryl methyl sites for hydroxylation is 1. The molecule has 1 aromatic rings. The molecule has 106 valence electrons. The first-order valence-electron chi connectivity index (χ1n) is 6.76. The Morgan fingerprint density at radius 3 is 2.95 bits per heavy atom. The maximum Gasteiger partial charge on any atom is 0.123 e. The third kappa shape index (κ3) is 4.00. The molecule has 0 bridgehead atoms. The first kappa shape index (κ1) is 14.4. The van der Waals surface area contributed by atoms with Crippen LogP contribution in [0, 0.1) is 18.7 Å². The number of ether oxygens (including phenoxy) is 1. The second-order valence-corrected chi connectivity index (χ2v) is 5.47. The van der Waals surface area contributed by atoms with Gasteiger partial charge < -0.3 is 14.7 Å². The fourth-order valence-electron chi connectivity index (χ4n) is 2.65. The van der Waals surface area contributed by atoms with Crippen LogP contribution in [-0.2, 0) is 4.74 Å². The van der Waals surface area contributed by atoms with E-state index in [2.05, 4.69) is 4.90 Å². The highest BCUT2D eigenvalue weighted by molar-refractivity contribution is 5.28. The van der Waals surface area contributed by atoms with Crippen LogP contribution in [0.25, 0.3) is 0 Å². The van der Waals surface area contributed by atoms with Crippen molar-refractivity contribution in [2.75, 3.05) is 33.4 Å². The minimum Gasteiger partial charge on any atom is -0.387 e. The lowest BCUT2D eigenvalue weighted by atomic mass is 10.0. The van der Waals surface area contributed by atoms with Crippen molar-refractivity contribution in [1.82, 2.24) is 4.90 Å². The fourth-order valence-corrected chi connectivity index (χ4v) is 2.65. The summed E-state index contributed by atoms with van der Waals surface area (Å²) in [6.45, 7) is 4.97. The van der Waals surface area contributed by atoms with E-state index in [1.54, 1.807) is 6.07 Å². The summed E-state index contributed by atoms with van der Waals surface area (Å²) in [6, 6.07) is 4.53. The van der Waals surface area contributed by atoms with E-state index in [0.29, 0.717) is 12.5 Å². The molecule has 1 fully saturated rings.